The van der Waals surface area contributed by atoms with Gasteiger partial charge in [0.05, 0.1) is 10.2 Å². The molecule has 5 heteroatoms. The molecule has 1 amide bonds. The summed E-state index contributed by atoms with van der Waals surface area (Å²) in [5, 5.41) is 3.94. The van der Waals surface area contributed by atoms with Gasteiger partial charge in [-0.15, -0.1) is 11.3 Å². The van der Waals surface area contributed by atoms with Crippen LogP contribution >= 0.6 is 11.3 Å². The van der Waals surface area contributed by atoms with Gasteiger partial charge in [0.15, 0.2) is 6.61 Å². The Morgan fingerprint density at radius 3 is 2.58 bits per heavy atom. The fourth-order valence-corrected chi connectivity index (χ4v) is 4.37. The minimum absolute atomic E-state index is 0.00691. The van der Waals surface area contributed by atoms with Crippen LogP contribution in [0.15, 0.2) is 66.7 Å². The highest BCUT2D eigenvalue weighted by molar-refractivity contribution is 7.21. The molecule has 1 heterocycles. The number of aryl methyl sites for hydroxylation is 1. The number of nitrogens with one attached hydrogen (secondary N) is 1. The maximum Gasteiger partial charge on any atom is 0.258 e. The molecule has 0 radical (unpaired) electrons. The highest BCUT2D eigenvalue weighted by Crippen LogP contribution is 2.30. The minimum atomic E-state index is -0.133. The molecule has 4 rings (SSSR count). The highest BCUT2D eigenvalue weighted by atomic mass is 32.1. The van der Waals surface area contributed by atoms with Crippen LogP contribution in [0.3, 0.4) is 0 Å². The Labute approximate surface area is 186 Å². The predicted octanol–water partition coefficient (Wildman–Crippen LogP) is 6.09. The summed E-state index contributed by atoms with van der Waals surface area (Å²) in [4.78, 5) is 17.0. The summed E-state index contributed by atoms with van der Waals surface area (Å²) >= 11 is 1.69. The van der Waals surface area contributed by atoms with Crippen LogP contribution in [0, 0.1) is 6.92 Å². The van der Waals surface area contributed by atoms with Crippen LogP contribution in [0.4, 0.5) is 0 Å². The van der Waals surface area contributed by atoms with E-state index in [1.807, 2.05) is 43.3 Å². The Hall–Kier alpha value is -3.18. The Balaban J connectivity index is 1.33. The van der Waals surface area contributed by atoms with E-state index in [-0.39, 0.29) is 12.5 Å². The Bertz CT molecular complexity index is 1160. The summed E-state index contributed by atoms with van der Waals surface area (Å²) in [6.45, 7) is 6.74. The lowest BCUT2D eigenvalue weighted by Crippen LogP contribution is -2.28. The zero-order chi connectivity index (χ0) is 21.8. The molecule has 0 bridgehead atoms. The molecule has 4 nitrogen and oxygen atoms in total. The molecule has 31 heavy (non-hydrogen) atoms. The molecule has 0 spiro atoms. The van der Waals surface area contributed by atoms with Crippen molar-refractivity contribution in [1.29, 1.82) is 0 Å². The number of hydrogen-bond acceptors (Lipinski definition) is 4. The number of fused-ring (bicyclic) bond motifs is 1. The third-order valence-corrected chi connectivity index (χ3v) is 6.22. The molecule has 0 atom stereocenters. The van der Waals surface area contributed by atoms with Crippen molar-refractivity contribution in [2.45, 2.75) is 33.2 Å². The van der Waals surface area contributed by atoms with Crippen LogP contribution < -0.4 is 10.1 Å². The summed E-state index contributed by atoms with van der Waals surface area (Å²) in [7, 11) is 0. The third-order valence-electron chi connectivity index (χ3n) is 5.13. The van der Waals surface area contributed by atoms with E-state index in [2.05, 4.69) is 49.5 Å². The van der Waals surface area contributed by atoms with Crippen molar-refractivity contribution < 1.29 is 9.53 Å². The van der Waals surface area contributed by atoms with Gasteiger partial charge in [-0.25, -0.2) is 4.98 Å². The largest absolute Gasteiger partial charge is 0.483 e. The second-order valence-corrected chi connectivity index (χ2v) is 8.98. The van der Waals surface area contributed by atoms with E-state index < -0.39 is 0 Å². The fourth-order valence-electron chi connectivity index (χ4n) is 3.40. The zero-order valence-corrected chi connectivity index (χ0v) is 18.8. The van der Waals surface area contributed by atoms with E-state index in [0.29, 0.717) is 12.5 Å². The van der Waals surface area contributed by atoms with E-state index in [1.54, 1.807) is 11.3 Å². The Kier molecular flexibility index (Phi) is 6.33. The Morgan fingerprint density at radius 2 is 1.84 bits per heavy atom. The van der Waals surface area contributed by atoms with Crippen LogP contribution in [-0.4, -0.2) is 17.5 Å². The monoisotopic (exact) mass is 430 g/mol. The molecule has 1 N–H and O–H groups in total. The zero-order valence-electron chi connectivity index (χ0n) is 18.0. The molecule has 1 aromatic heterocycles. The summed E-state index contributed by atoms with van der Waals surface area (Å²) in [5.74, 6) is 0.990. The maximum absolute atomic E-state index is 12.3. The van der Waals surface area contributed by atoms with Gasteiger partial charge in [-0.05, 0) is 47.7 Å². The topological polar surface area (TPSA) is 51.2 Å². The molecule has 0 fully saturated rings. The summed E-state index contributed by atoms with van der Waals surface area (Å²) in [6.07, 6.45) is 0. The van der Waals surface area contributed by atoms with Crippen molar-refractivity contribution in [2.24, 2.45) is 0 Å². The number of aromatic nitrogens is 1. The quantitative estimate of drug-likeness (QED) is 0.386. The van der Waals surface area contributed by atoms with Crippen LogP contribution in [0.1, 0.15) is 36.5 Å². The number of amides is 1. The fraction of sp³-hybridized carbons (Fsp3) is 0.231. The van der Waals surface area contributed by atoms with Gasteiger partial charge in [0.2, 0.25) is 0 Å². The standard InChI is InChI=1S/C26H26N2O2S/c1-17(2)21-13-8-18(3)14-23(21)30-16-25(29)27-15-19-9-11-20(12-10-19)26-28-22-6-4-5-7-24(22)31-26/h4-14,17H,15-16H2,1-3H3,(H,27,29). The van der Waals surface area contributed by atoms with Gasteiger partial charge in [0.25, 0.3) is 5.91 Å². The van der Waals surface area contributed by atoms with Gasteiger partial charge in [-0.2, -0.15) is 0 Å². The molecule has 0 aliphatic rings. The normalized spacial score (nSPS) is 11.1. The first-order valence-corrected chi connectivity index (χ1v) is 11.3. The number of nitrogens with zero attached hydrogens (tertiary/aromatic N) is 1. The SMILES string of the molecule is Cc1ccc(C(C)C)c(OCC(=O)NCc2ccc(-c3nc4ccccc4s3)cc2)c1. The molecule has 158 valence electrons. The van der Waals surface area contributed by atoms with Gasteiger partial charge in [0.1, 0.15) is 10.8 Å². The van der Waals surface area contributed by atoms with Gasteiger partial charge in [-0.3, -0.25) is 4.79 Å². The van der Waals surface area contributed by atoms with Crippen molar-refractivity contribution in [2.75, 3.05) is 6.61 Å². The van der Waals surface area contributed by atoms with E-state index in [9.17, 15) is 4.79 Å². The Morgan fingerprint density at radius 1 is 1.06 bits per heavy atom. The lowest BCUT2D eigenvalue weighted by molar-refractivity contribution is -0.123. The van der Waals surface area contributed by atoms with E-state index in [4.69, 9.17) is 9.72 Å². The first kappa shape index (κ1) is 21.1. The van der Waals surface area contributed by atoms with Crippen LogP contribution in [0.25, 0.3) is 20.8 Å². The second kappa shape index (κ2) is 9.31. The average molecular weight is 431 g/mol. The summed E-state index contributed by atoms with van der Waals surface area (Å²) in [6, 6.07) is 22.4. The molecule has 0 unspecified atom stereocenters. The number of carbonyl (C=O) groups is 1. The van der Waals surface area contributed by atoms with Crippen LogP contribution in [0.2, 0.25) is 0 Å². The van der Waals surface area contributed by atoms with E-state index >= 15 is 0 Å². The number of thiazole rings is 1. The maximum atomic E-state index is 12.3. The van der Waals surface area contributed by atoms with Crippen molar-refractivity contribution in [3.8, 4) is 16.3 Å². The first-order valence-electron chi connectivity index (χ1n) is 10.4. The molecule has 4 aromatic rings. The third kappa shape index (κ3) is 5.12. The number of ether oxygens (including phenoxy) is 1. The summed E-state index contributed by atoms with van der Waals surface area (Å²) < 4.78 is 7.00. The molecular weight excluding hydrogens is 404 g/mol. The van der Waals surface area contributed by atoms with Gasteiger partial charge < -0.3 is 10.1 Å². The lowest BCUT2D eigenvalue weighted by Gasteiger charge is -2.15. The van der Waals surface area contributed by atoms with Crippen molar-refractivity contribution >= 4 is 27.5 Å². The lowest BCUT2D eigenvalue weighted by atomic mass is 10.0. The molecule has 0 saturated heterocycles. The minimum Gasteiger partial charge on any atom is -0.483 e. The second-order valence-electron chi connectivity index (χ2n) is 7.95. The number of hydrogen-bond donors (Lipinski definition) is 1. The number of rotatable bonds is 7. The number of benzene rings is 3. The average Bonchev–Trinajstić information content (AvgIpc) is 3.21. The van der Waals surface area contributed by atoms with Crippen LogP contribution in [0.5, 0.6) is 5.75 Å². The highest BCUT2D eigenvalue weighted by Gasteiger charge is 2.11. The van der Waals surface area contributed by atoms with Gasteiger partial charge in [0, 0.05) is 12.1 Å². The van der Waals surface area contributed by atoms with Crippen molar-refractivity contribution in [1.82, 2.24) is 10.3 Å². The smallest absolute Gasteiger partial charge is 0.258 e. The molecule has 0 aliphatic carbocycles. The molecular formula is C26H26N2O2S. The van der Waals surface area contributed by atoms with E-state index in [0.717, 1.165) is 38.5 Å². The molecule has 0 saturated carbocycles. The molecule has 0 aliphatic heterocycles. The first-order chi connectivity index (χ1) is 15.0. The summed E-state index contributed by atoms with van der Waals surface area (Å²) in [5.41, 5.74) is 5.38. The van der Waals surface area contributed by atoms with Gasteiger partial charge in [-0.1, -0.05) is 62.4 Å². The van der Waals surface area contributed by atoms with Crippen molar-refractivity contribution in [3.63, 3.8) is 0 Å². The van der Waals surface area contributed by atoms with Crippen LogP contribution in [-0.2, 0) is 11.3 Å². The van der Waals surface area contributed by atoms with Gasteiger partial charge >= 0.3 is 0 Å². The molecule has 3 aromatic carbocycles. The number of carbonyl (C=O) groups excluding carboxylic acids is 1. The number of para-hydroxylation sites is 1. The van der Waals surface area contributed by atoms with E-state index in [1.165, 1.54) is 4.70 Å². The predicted molar refractivity (Wildman–Crippen MR) is 128 cm³/mol. The van der Waals surface area contributed by atoms with Crippen molar-refractivity contribution in [3.05, 3.63) is 83.4 Å².